The first-order valence-corrected chi connectivity index (χ1v) is 15.8. The molecule has 11 heteroatoms. The lowest BCUT2D eigenvalue weighted by molar-refractivity contribution is -0.0458. The molecule has 3 N–H and O–H groups in total. The van der Waals surface area contributed by atoms with Crippen LogP contribution in [-0.2, 0) is 9.16 Å². The van der Waals surface area contributed by atoms with Gasteiger partial charge in [0.15, 0.2) is 11.9 Å². The fourth-order valence-electron chi connectivity index (χ4n) is 5.84. The minimum atomic E-state index is -2.21. The average molecular weight is 548 g/mol. The first kappa shape index (κ1) is 28.0. The van der Waals surface area contributed by atoms with Gasteiger partial charge in [-0.15, -0.1) is 0 Å². The van der Waals surface area contributed by atoms with E-state index in [4.69, 9.17) is 20.0 Å². The molecular weight excluding hydrogens is 509 g/mol. The van der Waals surface area contributed by atoms with Crippen molar-refractivity contribution in [3.8, 4) is 0 Å². The number of nitrogens with two attached hydrogens (primary N) is 1. The van der Waals surface area contributed by atoms with Crippen molar-refractivity contribution in [2.45, 2.75) is 99.9 Å². The van der Waals surface area contributed by atoms with Crippen LogP contribution >= 0.6 is 11.8 Å². The topological polar surface area (TPSA) is 108 Å². The fraction of sp³-hybridized carbons (Fsp3) is 0.577. The monoisotopic (exact) mass is 547 g/mol. The Morgan fingerprint density at radius 3 is 2.46 bits per heavy atom. The van der Waals surface area contributed by atoms with Crippen LogP contribution in [0.1, 0.15) is 59.8 Å². The number of nitrogens with zero attached hydrogens (tertiary/aromatic N) is 4. The number of anilines is 1. The summed E-state index contributed by atoms with van der Waals surface area (Å²) in [5, 5.41) is 16.0. The lowest BCUT2D eigenvalue weighted by atomic mass is 10.2. The lowest BCUT2D eigenvalue weighted by Crippen LogP contribution is -2.51. The number of aliphatic hydroxyl groups excluding tert-OH is 1. The van der Waals surface area contributed by atoms with Crippen LogP contribution in [0.5, 0.6) is 0 Å². The highest BCUT2D eigenvalue weighted by Gasteiger charge is 2.50. The van der Waals surface area contributed by atoms with E-state index in [2.05, 4.69) is 51.5 Å². The molecule has 3 heterocycles. The average Bonchev–Trinajstić information content (AvgIpc) is 3.40. The van der Waals surface area contributed by atoms with Crippen LogP contribution in [0.25, 0.3) is 11.0 Å². The minimum Gasteiger partial charge on any atom is -0.410 e. The van der Waals surface area contributed by atoms with Gasteiger partial charge in [-0.25, -0.2) is 19.0 Å². The molecule has 8 nitrogen and oxygen atoms in total. The van der Waals surface area contributed by atoms with Gasteiger partial charge in [-0.05, 0) is 41.2 Å². The van der Waals surface area contributed by atoms with Gasteiger partial charge in [-0.2, -0.15) is 5.10 Å². The van der Waals surface area contributed by atoms with E-state index < -0.39 is 20.6 Å². The quantitative estimate of drug-likeness (QED) is 0.321. The third-order valence-corrected chi connectivity index (χ3v) is 14.6. The van der Waals surface area contributed by atoms with Crippen molar-refractivity contribution >= 4 is 36.9 Å². The SMILES string of the molecule is Cc1ccc(Sc2nn([C@H]3C[C@H](O[Si](C(C)C)(C(C)C)C(C)C)[C@@H](CO)O3)c3ncnc(N)c23)c(F)c1. The summed E-state index contributed by atoms with van der Waals surface area (Å²) in [5.41, 5.74) is 8.78. The number of ether oxygens (including phenoxy) is 1. The molecule has 0 bridgehead atoms. The van der Waals surface area contributed by atoms with E-state index in [0.29, 0.717) is 44.0 Å². The van der Waals surface area contributed by atoms with Crippen LogP contribution in [0.3, 0.4) is 0 Å². The summed E-state index contributed by atoms with van der Waals surface area (Å²) in [6, 6.07) is 5.07. The van der Waals surface area contributed by atoms with Crippen LogP contribution < -0.4 is 5.73 Å². The summed E-state index contributed by atoms with van der Waals surface area (Å²) in [5.74, 6) is -0.0620. The Hall–Kier alpha value is -2.05. The third kappa shape index (κ3) is 5.16. The second-order valence-corrected chi connectivity index (χ2v) is 17.2. The maximum Gasteiger partial charge on any atom is 0.200 e. The lowest BCUT2D eigenvalue weighted by Gasteiger charge is -2.44. The van der Waals surface area contributed by atoms with E-state index in [9.17, 15) is 9.50 Å². The molecular formula is C26H38FN5O3SSi. The van der Waals surface area contributed by atoms with Gasteiger partial charge in [-0.3, -0.25) is 0 Å². The van der Waals surface area contributed by atoms with Crippen LogP contribution in [0.4, 0.5) is 10.2 Å². The molecule has 0 saturated carbocycles. The molecule has 202 valence electrons. The largest absolute Gasteiger partial charge is 0.410 e. The molecule has 37 heavy (non-hydrogen) atoms. The smallest absolute Gasteiger partial charge is 0.200 e. The standard InChI is InChI=1S/C26H38FN5O3SSi/c1-14(2)37(15(3)4,16(5)6)35-19-11-22(34-20(19)12-33)32-25-23(24(28)29-13-30-25)26(31-32)36-21-9-8-17(7)10-18(21)27/h8-10,13-16,19-20,22,33H,11-12H2,1-7H3,(H2,28,29,30)/t19-,20+,22+/m0/s1. The van der Waals surface area contributed by atoms with Crippen molar-refractivity contribution in [2.75, 3.05) is 12.3 Å². The van der Waals surface area contributed by atoms with Crippen molar-refractivity contribution in [1.82, 2.24) is 19.7 Å². The number of aryl methyl sites for hydroxylation is 1. The molecule has 0 unspecified atom stereocenters. The Kier molecular flexibility index (Phi) is 8.30. The van der Waals surface area contributed by atoms with Gasteiger partial charge in [0.05, 0.1) is 18.1 Å². The highest BCUT2D eigenvalue weighted by molar-refractivity contribution is 7.99. The summed E-state index contributed by atoms with van der Waals surface area (Å²) >= 11 is 1.18. The molecule has 2 aromatic heterocycles. The number of benzene rings is 1. The second-order valence-electron chi connectivity index (χ2n) is 10.8. The van der Waals surface area contributed by atoms with Crippen molar-refractivity contribution < 1.29 is 18.7 Å². The number of aliphatic hydroxyl groups is 1. The Morgan fingerprint density at radius 1 is 1.19 bits per heavy atom. The number of fused-ring (bicyclic) bond motifs is 1. The number of halogens is 1. The van der Waals surface area contributed by atoms with E-state index in [1.54, 1.807) is 10.7 Å². The first-order chi connectivity index (χ1) is 17.5. The number of rotatable bonds is 9. The second kappa shape index (κ2) is 11.0. The highest BCUT2D eigenvalue weighted by Crippen LogP contribution is 2.46. The molecule has 0 aliphatic carbocycles. The number of aromatic nitrogens is 4. The molecule has 3 atom stereocenters. The number of hydrogen-bond donors (Lipinski definition) is 2. The van der Waals surface area contributed by atoms with Gasteiger partial charge in [0.2, 0.25) is 8.32 Å². The highest BCUT2D eigenvalue weighted by atomic mass is 32.2. The van der Waals surface area contributed by atoms with E-state index in [-0.39, 0.29) is 24.3 Å². The minimum absolute atomic E-state index is 0.160. The molecule has 3 aromatic rings. The maximum absolute atomic E-state index is 14.7. The van der Waals surface area contributed by atoms with Crippen molar-refractivity contribution in [3.63, 3.8) is 0 Å². The van der Waals surface area contributed by atoms with Crippen LogP contribution in [-0.4, -0.2) is 52.0 Å². The summed E-state index contributed by atoms with van der Waals surface area (Å²) in [7, 11) is -2.21. The van der Waals surface area contributed by atoms with Gasteiger partial charge in [-0.1, -0.05) is 59.4 Å². The fourth-order valence-corrected chi connectivity index (χ4v) is 12.4. The molecule has 1 aliphatic rings. The maximum atomic E-state index is 14.7. The summed E-state index contributed by atoms with van der Waals surface area (Å²) in [6.07, 6.45) is 0.609. The third-order valence-electron chi connectivity index (χ3n) is 7.48. The predicted octanol–water partition coefficient (Wildman–Crippen LogP) is 5.85. The molecule has 0 radical (unpaired) electrons. The normalized spacial score (nSPS) is 20.7. The van der Waals surface area contributed by atoms with Gasteiger partial charge in [0.1, 0.15) is 29.1 Å². The van der Waals surface area contributed by atoms with Crippen molar-refractivity contribution in [1.29, 1.82) is 0 Å². The van der Waals surface area contributed by atoms with Gasteiger partial charge in [0, 0.05) is 11.3 Å². The zero-order valence-corrected chi connectivity index (χ0v) is 24.4. The van der Waals surface area contributed by atoms with E-state index >= 15 is 0 Å². The Morgan fingerprint density at radius 2 is 1.86 bits per heavy atom. The Labute approximate surface area is 223 Å². The molecule has 0 amide bonds. The zero-order chi connectivity index (χ0) is 27.1. The zero-order valence-electron chi connectivity index (χ0n) is 22.6. The van der Waals surface area contributed by atoms with Crippen molar-refractivity contribution in [3.05, 3.63) is 35.9 Å². The predicted molar refractivity (Wildman–Crippen MR) is 147 cm³/mol. The van der Waals surface area contributed by atoms with Gasteiger partial charge in [0.25, 0.3) is 0 Å². The van der Waals surface area contributed by atoms with E-state index in [1.807, 2.05) is 13.0 Å². The molecule has 1 saturated heterocycles. The molecule has 1 fully saturated rings. The number of nitrogen functional groups attached to an aromatic ring is 1. The first-order valence-electron chi connectivity index (χ1n) is 12.9. The van der Waals surface area contributed by atoms with Crippen LogP contribution in [0, 0.1) is 12.7 Å². The van der Waals surface area contributed by atoms with Crippen molar-refractivity contribution in [2.24, 2.45) is 0 Å². The van der Waals surface area contributed by atoms with Gasteiger partial charge >= 0.3 is 0 Å². The summed E-state index contributed by atoms with van der Waals surface area (Å²) in [4.78, 5) is 9.03. The molecule has 1 aromatic carbocycles. The molecule has 0 spiro atoms. The summed E-state index contributed by atoms with van der Waals surface area (Å²) < 4.78 is 29.7. The van der Waals surface area contributed by atoms with E-state index in [1.165, 1.54) is 24.2 Å². The van der Waals surface area contributed by atoms with Crippen LogP contribution in [0.15, 0.2) is 34.4 Å². The molecule has 1 aliphatic heterocycles. The summed E-state index contributed by atoms with van der Waals surface area (Å²) in [6.45, 7) is 15.1. The van der Waals surface area contributed by atoms with Gasteiger partial charge < -0.3 is 20.0 Å². The number of hydrogen-bond acceptors (Lipinski definition) is 8. The Bertz CT molecular complexity index is 1230. The Balaban J connectivity index is 1.70. The van der Waals surface area contributed by atoms with E-state index in [0.717, 1.165) is 5.56 Å². The molecule has 4 rings (SSSR count). The van der Waals surface area contributed by atoms with Crippen LogP contribution in [0.2, 0.25) is 16.6 Å².